The molecule has 0 atom stereocenters. The number of amides is 1. The molecule has 102 valence electrons. The number of anilines is 1. The van der Waals surface area contributed by atoms with Crippen LogP contribution in [0, 0.1) is 13.8 Å². The number of carboxylic acid groups (broad SMARTS) is 1. The minimum absolute atomic E-state index is 0.171. The van der Waals surface area contributed by atoms with Gasteiger partial charge in [0.15, 0.2) is 0 Å². The Labute approximate surface area is 116 Å². The van der Waals surface area contributed by atoms with Crippen LogP contribution in [0.4, 0.5) is 5.69 Å². The van der Waals surface area contributed by atoms with Crippen LogP contribution in [0.1, 0.15) is 31.8 Å². The number of carbonyl (C=O) groups excluding carboxylic acids is 1. The molecule has 1 amide bonds. The van der Waals surface area contributed by atoms with Gasteiger partial charge in [0.25, 0.3) is 5.91 Å². The first-order valence-corrected chi connectivity index (χ1v) is 6.04. The van der Waals surface area contributed by atoms with Gasteiger partial charge in [0.2, 0.25) is 0 Å². The minimum atomic E-state index is -1.02. The molecule has 0 aliphatic carbocycles. The molecule has 0 aliphatic heterocycles. The Kier molecular flexibility index (Phi) is 3.79. The van der Waals surface area contributed by atoms with Gasteiger partial charge < -0.3 is 10.4 Å². The first-order chi connectivity index (χ1) is 9.47. The molecule has 1 aromatic carbocycles. The molecule has 0 spiro atoms. The highest BCUT2D eigenvalue weighted by molar-refractivity contribution is 6.04. The van der Waals surface area contributed by atoms with Gasteiger partial charge in [-0.3, -0.25) is 9.78 Å². The number of aryl methyl sites for hydroxylation is 2. The topological polar surface area (TPSA) is 79.3 Å². The van der Waals surface area contributed by atoms with Crippen molar-refractivity contribution in [3.05, 3.63) is 58.9 Å². The summed E-state index contributed by atoms with van der Waals surface area (Å²) in [6.07, 6.45) is 3.12. The third kappa shape index (κ3) is 3.00. The van der Waals surface area contributed by atoms with Crippen LogP contribution in [-0.4, -0.2) is 22.0 Å². The molecule has 0 bridgehead atoms. The predicted molar refractivity (Wildman–Crippen MR) is 75.1 cm³/mol. The fourth-order valence-corrected chi connectivity index (χ4v) is 1.81. The largest absolute Gasteiger partial charge is 0.478 e. The van der Waals surface area contributed by atoms with E-state index in [4.69, 9.17) is 5.11 Å². The number of nitrogens with zero attached hydrogens (tertiary/aromatic N) is 1. The van der Waals surface area contributed by atoms with Crippen molar-refractivity contribution in [2.75, 3.05) is 5.32 Å². The minimum Gasteiger partial charge on any atom is -0.478 e. The number of hydrogen-bond donors (Lipinski definition) is 2. The van der Waals surface area contributed by atoms with E-state index in [9.17, 15) is 9.59 Å². The maximum Gasteiger partial charge on any atom is 0.336 e. The zero-order chi connectivity index (χ0) is 14.7. The second kappa shape index (κ2) is 5.52. The quantitative estimate of drug-likeness (QED) is 0.898. The number of benzene rings is 1. The van der Waals surface area contributed by atoms with E-state index >= 15 is 0 Å². The molecule has 20 heavy (non-hydrogen) atoms. The van der Waals surface area contributed by atoms with Gasteiger partial charge in [0.1, 0.15) is 0 Å². The maximum atomic E-state index is 12.0. The summed E-state index contributed by atoms with van der Waals surface area (Å²) in [6, 6.07) is 6.49. The fraction of sp³-hybridized carbons (Fsp3) is 0.133. The number of rotatable bonds is 3. The summed E-state index contributed by atoms with van der Waals surface area (Å²) in [4.78, 5) is 27.0. The van der Waals surface area contributed by atoms with Crippen LogP contribution in [0.5, 0.6) is 0 Å². The molecule has 0 aliphatic rings. The lowest BCUT2D eigenvalue weighted by Crippen LogP contribution is -2.13. The molecule has 2 rings (SSSR count). The SMILES string of the molecule is Cc1cncc(C(=O)Nc2ccc(C)c(C(=O)O)c2)c1. The monoisotopic (exact) mass is 270 g/mol. The first kappa shape index (κ1) is 13.7. The van der Waals surface area contributed by atoms with E-state index in [2.05, 4.69) is 10.3 Å². The molecule has 0 fully saturated rings. The highest BCUT2D eigenvalue weighted by atomic mass is 16.4. The average molecular weight is 270 g/mol. The van der Waals surface area contributed by atoms with Gasteiger partial charge >= 0.3 is 5.97 Å². The zero-order valence-electron chi connectivity index (χ0n) is 11.2. The van der Waals surface area contributed by atoms with Crippen molar-refractivity contribution >= 4 is 17.6 Å². The smallest absolute Gasteiger partial charge is 0.336 e. The molecular weight excluding hydrogens is 256 g/mol. The van der Waals surface area contributed by atoms with Gasteiger partial charge in [-0.15, -0.1) is 0 Å². The molecule has 1 aromatic heterocycles. The Morgan fingerprint density at radius 3 is 2.55 bits per heavy atom. The summed E-state index contributed by atoms with van der Waals surface area (Å²) in [6.45, 7) is 3.55. The summed E-state index contributed by atoms with van der Waals surface area (Å²) >= 11 is 0. The molecular formula is C15H14N2O3. The Bertz CT molecular complexity index is 681. The van der Waals surface area contributed by atoms with Crippen molar-refractivity contribution in [1.82, 2.24) is 4.98 Å². The normalized spacial score (nSPS) is 10.1. The number of hydrogen-bond acceptors (Lipinski definition) is 3. The van der Waals surface area contributed by atoms with Crippen molar-refractivity contribution in [2.24, 2.45) is 0 Å². The molecule has 0 unspecified atom stereocenters. The predicted octanol–water partition coefficient (Wildman–Crippen LogP) is 2.65. The molecule has 5 nitrogen and oxygen atoms in total. The van der Waals surface area contributed by atoms with Crippen LogP contribution in [0.2, 0.25) is 0 Å². The number of aromatic carboxylic acids is 1. The Balaban J connectivity index is 2.24. The van der Waals surface area contributed by atoms with Crippen molar-refractivity contribution < 1.29 is 14.7 Å². The maximum absolute atomic E-state index is 12.0. The van der Waals surface area contributed by atoms with Crippen LogP contribution in [0.25, 0.3) is 0 Å². The van der Waals surface area contributed by atoms with Gasteiger partial charge in [-0.2, -0.15) is 0 Å². The Hall–Kier alpha value is -2.69. The van der Waals surface area contributed by atoms with Crippen molar-refractivity contribution in [3.8, 4) is 0 Å². The molecule has 1 heterocycles. The van der Waals surface area contributed by atoms with Gasteiger partial charge in [-0.1, -0.05) is 6.07 Å². The Morgan fingerprint density at radius 2 is 1.90 bits per heavy atom. The lowest BCUT2D eigenvalue weighted by Gasteiger charge is -2.08. The van der Waals surface area contributed by atoms with Crippen LogP contribution in [-0.2, 0) is 0 Å². The van der Waals surface area contributed by atoms with Crippen LogP contribution in [0.15, 0.2) is 36.7 Å². The van der Waals surface area contributed by atoms with Crippen LogP contribution >= 0.6 is 0 Å². The van der Waals surface area contributed by atoms with E-state index in [-0.39, 0.29) is 11.5 Å². The molecule has 0 saturated heterocycles. The molecule has 0 saturated carbocycles. The number of carboxylic acids is 1. The summed E-state index contributed by atoms with van der Waals surface area (Å²) in [5.74, 6) is -1.34. The second-order valence-electron chi connectivity index (χ2n) is 4.54. The summed E-state index contributed by atoms with van der Waals surface area (Å²) in [5, 5.41) is 11.7. The lowest BCUT2D eigenvalue weighted by molar-refractivity contribution is 0.0695. The summed E-state index contributed by atoms with van der Waals surface area (Å²) < 4.78 is 0. The molecule has 0 radical (unpaired) electrons. The standard InChI is InChI=1S/C15H14N2O3/c1-9-5-11(8-16-7-9)14(18)17-12-4-3-10(2)13(6-12)15(19)20/h3-8H,1-2H3,(H,17,18)(H,19,20). The van der Waals surface area contributed by atoms with E-state index in [0.717, 1.165) is 5.56 Å². The highest BCUT2D eigenvalue weighted by Crippen LogP contribution is 2.16. The van der Waals surface area contributed by atoms with Crippen LogP contribution < -0.4 is 5.32 Å². The van der Waals surface area contributed by atoms with Gasteiger partial charge in [-0.05, 0) is 43.2 Å². The molecule has 5 heteroatoms. The zero-order valence-corrected chi connectivity index (χ0v) is 11.2. The van der Waals surface area contributed by atoms with E-state index in [1.54, 1.807) is 31.3 Å². The Morgan fingerprint density at radius 1 is 1.15 bits per heavy atom. The number of carbonyl (C=O) groups is 2. The third-order valence-electron chi connectivity index (χ3n) is 2.86. The number of pyridine rings is 1. The van der Waals surface area contributed by atoms with Crippen molar-refractivity contribution in [1.29, 1.82) is 0 Å². The number of aromatic nitrogens is 1. The number of nitrogens with one attached hydrogen (secondary N) is 1. The average Bonchev–Trinajstić information content (AvgIpc) is 2.40. The van der Waals surface area contributed by atoms with E-state index in [1.165, 1.54) is 12.3 Å². The molecule has 2 aromatic rings. The van der Waals surface area contributed by atoms with Gasteiger partial charge in [0, 0.05) is 18.1 Å². The van der Waals surface area contributed by atoms with E-state index < -0.39 is 5.97 Å². The second-order valence-corrected chi connectivity index (χ2v) is 4.54. The van der Waals surface area contributed by atoms with E-state index in [0.29, 0.717) is 16.8 Å². The van der Waals surface area contributed by atoms with Crippen molar-refractivity contribution in [2.45, 2.75) is 13.8 Å². The van der Waals surface area contributed by atoms with Gasteiger partial charge in [0.05, 0.1) is 11.1 Å². The van der Waals surface area contributed by atoms with Crippen molar-refractivity contribution in [3.63, 3.8) is 0 Å². The summed E-state index contributed by atoms with van der Waals surface area (Å²) in [7, 11) is 0. The van der Waals surface area contributed by atoms with E-state index in [1.807, 2.05) is 6.92 Å². The van der Waals surface area contributed by atoms with Crippen LogP contribution in [0.3, 0.4) is 0 Å². The highest BCUT2D eigenvalue weighted by Gasteiger charge is 2.11. The summed E-state index contributed by atoms with van der Waals surface area (Å²) in [5.41, 5.74) is 2.58. The molecule has 2 N–H and O–H groups in total. The fourth-order valence-electron chi connectivity index (χ4n) is 1.81. The third-order valence-corrected chi connectivity index (χ3v) is 2.86. The lowest BCUT2D eigenvalue weighted by atomic mass is 10.1. The van der Waals surface area contributed by atoms with Gasteiger partial charge in [-0.25, -0.2) is 4.79 Å². The first-order valence-electron chi connectivity index (χ1n) is 6.04.